The van der Waals surface area contributed by atoms with Gasteiger partial charge in [0.2, 0.25) is 0 Å². The molecular formula is C12H18BrNOS. The van der Waals surface area contributed by atoms with Crippen molar-refractivity contribution >= 4 is 27.7 Å². The van der Waals surface area contributed by atoms with Crippen LogP contribution in [-0.4, -0.2) is 23.0 Å². The van der Waals surface area contributed by atoms with Gasteiger partial charge < -0.3 is 10.8 Å². The summed E-state index contributed by atoms with van der Waals surface area (Å²) in [6.45, 7) is 4.20. The third-order valence-corrected chi connectivity index (χ3v) is 4.45. The molecule has 0 fully saturated rings. The lowest BCUT2D eigenvalue weighted by atomic mass is 10.1. The maximum Gasteiger partial charge on any atom is 0.0547 e. The van der Waals surface area contributed by atoms with E-state index < -0.39 is 0 Å². The van der Waals surface area contributed by atoms with Crippen LogP contribution < -0.4 is 5.73 Å². The fourth-order valence-electron chi connectivity index (χ4n) is 1.45. The summed E-state index contributed by atoms with van der Waals surface area (Å²) >= 11 is 5.14. The molecule has 0 aliphatic rings. The van der Waals surface area contributed by atoms with Gasteiger partial charge in [0.1, 0.15) is 0 Å². The number of rotatable bonds is 5. The maximum atomic E-state index is 9.09. The molecule has 2 nitrogen and oxygen atoms in total. The maximum absolute atomic E-state index is 9.09. The summed E-state index contributed by atoms with van der Waals surface area (Å²) in [7, 11) is 0. The first kappa shape index (κ1) is 14.0. The van der Waals surface area contributed by atoms with E-state index in [1.807, 2.05) is 26.0 Å². The van der Waals surface area contributed by atoms with Gasteiger partial charge in [-0.2, -0.15) is 0 Å². The quantitative estimate of drug-likeness (QED) is 0.879. The number of thioether (sulfide) groups is 1. The van der Waals surface area contributed by atoms with Crippen molar-refractivity contribution in [2.75, 3.05) is 6.61 Å². The Morgan fingerprint density at radius 2 is 1.88 bits per heavy atom. The molecule has 0 aromatic heterocycles. The van der Waals surface area contributed by atoms with Crippen LogP contribution >= 0.6 is 27.7 Å². The average molecular weight is 304 g/mol. The average Bonchev–Trinajstić information content (AvgIpc) is 2.26. The van der Waals surface area contributed by atoms with Crippen LogP contribution in [0.25, 0.3) is 0 Å². The molecule has 3 atom stereocenters. The molecule has 0 bridgehead atoms. The van der Waals surface area contributed by atoms with Crippen LogP contribution in [0.5, 0.6) is 0 Å². The van der Waals surface area contributed by atoms with Gasteiger partial charge in [-0.05, 0) is 24.6 Å². The van der Waals surface area contributed by atoms with Gasteiger partial charge in [-0.15, -0.1) is 11.8 Å². The minimum absolute atomic E-state index is 0.0696. The highest BCUT2D eigenvalue weighted by Crippen LogP contribution is 2.34. The third kappa shape index (κ3) is 4.09. The topological polar surface area (TPSA) is 46.2 Å². The number of aliphatic hydroxyl groups is 1. The Hall–Kier alpha value is -0.0300. The van der Waals surface area contributed by atoms with Gasteiger partial charge in [0, 0.05) is 21.0 Å². The first-order valence-electron chi connectivity index (χ1n) is 5.32. The SMILES string of the molecule is CC(CO)SC(c1ccc(Br)cc1)C(C)N. The van der Waals surface area contributed by atoms with Crippen molar-refractivity contribution in [3.8, 4) is 0 Å². The van der Waals surface area contributed by atoms with Gasteiger partial charge in [-0.3, -0.25) is 0 Å². The predicted octanol–water partition coefficient (Wildman–Crippen LogP) is 2.95. The smallest absolute Gasteiger partial charge is 0.0547 e. The number of benzene rings is 1. The predicted molar refractivity (Wildman–Crippen MR) is 74.7 cm³/mol. The van der Waals surface area contributed by atoms with E-state index in [2.05, 4.69) is 28.1 Å². The summed E-state index contributed by atoms with van der Waals surface area (Å²) in [5, 5.41) is 9.53. The molecule has 0 saturated carbocycles. The summed E-state index contributed by atoms with van der Waals surface area (Å²) in [5.41, 5.74) is 7.21. The standard InChI is InChI=1S/C12H18BrNOS/c1-8(7-15)16-12(9(2)14)10-3-5-11(13)6-4-10/h3-6,8-9,12,15H,7,14H2,1-2H3. The number of nitrogens with two attached hydrogens (primary N) is 1. The van der Waals surface area contributed by atoms with Crippen molar-refractivity contribution in [1.29, 1.82) is 0 Å². The Morgan fingerprint density at radius 1 is 1.31 bits per heavy atom. The highest BCUT2D eigenvalue weighted by atomic mass is 79.9. The van der Waals surface area contributed by atoms with Crippen molar-refractivity contribution in [2.45, 2.75) is 30.4 Å². The van der Waals surface area contributed by atoms with E-state index in [0.717, 1.165) is 4.47 Å². The van der Waals surface area contributed by atoms with Gasteiger partial charge in [-0.1, -0.05) is 35.0 Å². The van der Waals surface area contributed by atoms with Gasteiger partial charge in [0.05, 0.1) is 6.61 Å². The second kappa shape index (κ2) is 6.64. The molecule has 0 amide bonds. The third-order valence-electron chi connectivity index (χ3n) is 2.31. The minimum Gasteiger partial charge on any atom is -0.395 e. The number of hydrogen-bond donors (Lipinski definition) is 2. The second-order valence-electron chi connectivity index (χ2n) is 3.96. The summed E-state index contributed by atoms with van der Waals surface area (Å²) in [4.78, 5) is 0. The number of halogens is 1. The number of hydrogen-bond acceptors (Lipinski definition) is 3. The van der Waals surface area contributed by atoms with Gasteiger partial charge in [0.15, 0.2) is 0 Å². The summed E-state index contributed by atoms with van der Waals surface area (Å²) in [5.74, 6) is 0. The van der Waals surface area contributed by atoms with Crippen molar-refractivity contribution in [3.05, 3.63) is 34.3 Å². The van der Waals surface area contributed by atoms with Crippen LogP contribution in [0.1, 0.15) is 24.7 Å². The largest absolute Gasteiger partial charge is 0.395 e. The van der Waals surface area contributed by atoms with Gasteiger partial charge in [0.25, 0.3) is 0 Å². The lowest BCUT2D eigenvalue weighted by Gasteiger charge is -2.23. The van der Waals surface area contributed by atoms with Crippen LogP contribution in [0.4, 0.5) is 0 Å². The van der Waals surface area contributed by atoms with Gasteiger partial charge in [-0.25, -0.2) is 0 Å². The van der Waals surface area contributed by atoms with E-state index in [0.29, 0.717) is 0 Å². The van der Waals surface area contributed by atoms with E-state index in [1.54, 1.807) is 11.8 Å². The zero-order chi connectivity index (χ0) is 12.1. The highest BCUT2D eigenvalue weighted by Gasteiger charge is 2.19. The lowest BCUT2D eigenvalue weighted by molar-refractivity contribution is 0.299. The molecule has 1 aromatic carbocycles. The van der Waals surface area contributed by atoms with E-state index in [9.17, 15) is 0 Å². The molecule has 0 radical (unpaired) electrons. The summed E-state index contributed by atoms with van der Waals surface area (Å²) in [6.07, 6.45) is 0. The molecule has 0 saturated heterocycles. The molecule has 0 aliphatic heterocycles. The minimum atomic E-state index is 0.0696. The first-order valence-corrected chi connectivity index (χ1v) is 7.05. The van der Waals surface area contributed by atoms with Crippen molar-refractivity contribution < 1.29 is 5.11 Å². The van der Waals surface area contributed by atoms with Crippen LogP contribution in [0.2, 0.25) is 0 Å². The fraction of sp³-hybridized carbons (Fsp3) is 0.500. The molecule has 1 aromatic rings. The van der Waals surface area contributed by atoms with Crippen molar-refractivity contribution in [3.63, 3.8) is 0 Å². The van der Waals surface area contributed by atoms with Crippen molar-refractivity contribution in [1.82, 2.24) is 0 Å². The van der Waals surface area contributed by atoms with E-state index in [4.69, 9.17) is 10.8 Å². The monoisotopic (exact) mass is 303 g/mol. The van der Waals surface area contributed by atoms with E-state index in [-0.39, 0.29) is 23.1 Å². The molecule has 16 heavy (non-hydrogen) atoms. The Morgan fingerprint density at radius 3 is 2.31 bits per heavy atom. The molecule has 0 heterocycles. The van der Waals surface area contributed by atoms with Crippen molar-refractivity contribution in [2.24, 2.45) is 5.73 Å². The Bertz CT molecular complexity index is 315. The molecule has 0 aliphatic carbocycles. The normalized spacial score (nSPS) is 16.8. The van der Waals surface area contributed by atoms with Crippen LogP contribution in [0, 0.1) is 0 Å². The summed E-state index contributed by atoms with van der Waals surface area (Å²) in [6, 6.07) is 8.27. The van der Waals surface area contributed by atoms with E-state index in [1.165, 1.54) is 5.56 Å². The fourth-order valence-corrected chi connectivity index (χ4v) is 2.86. The molecular weight excluding hydrogens is 286 g/mol. The van der Waals surface area contributed by atoms with Crippen LogP contribution in [0.3, 0.4) is 0 Å². The zero-order valence-electron chi connectivity index (χ0n) is 9.56. The second-order valence-corrected chi connectivity index (χ2v) is 6.46. The summed E-state index contributed by atoms with van der Waals surface area (Å²) < 4.78 is 1.07. The number of aliphatic hydroxyl groups excluding tert-OH is 1. The van der Waals surface area contributed by atoms with Crippen LogP contribution in [0.15, 0.2) is 28.7 Å². The van der Waals surface area contributed by atoms with Crippen LogP contribution in [-0.2, 0) is 0 Å². The molecule has 1 rings (SSSR count). The molecule has 0 spiro atoms. The highest BCUT2D eigenvalue weighted by molar-refractivity contribution is 9.10. The van der Waals surface area contributed by atoms with Gasteiger partial charge >= 0.3 is 0 Å². The Balaban J connectivity index is 2.81. The molecule has 90 valence electrons. The first-order chi connectivity index (χ1) is 7.54. The molecule has 3 unspecified atom stereocenters. The molecule has 3 N–H and O–H groups in total. The lowest BCUT2D eigenvalue weighted by Crippen LogP contribution is -2.24. The van der Waals surface area contributed by atoms with E-state index >= 15 is 0 Å². The Kier molecular flexibility index (Phi) is 5.83. The Labute approximate surface area is 110 Å². The zero-order valence-corrected chi connectivity index (χ0v) is 12.0. The molecule has 4 heteroatoms.